The second-order valence-electron chi connectivity index (χ2n) is 9.25. The summed E-state index contributed by atoms with van der Waals surface area (Å²) in [5.74, 6) is -2.01. The lowest BCUT2D eigenvalue weighted by atomic mass is 10.1. The van der Waals surface area contributed by atoms with Crippen LogP contribution >= 0.6 is 0 Å². The Balaban J connectivity index is 1.52. The largest absolute Gasteiger partial charge is 0.478 e. The number of carbonyl (C=O) groups excluding carboxylic acids is 2. The quantitative estimate of drug-likeness (QED) is 0.158. The lowest BCUT2D eigenvalue weighted by Gasteiger charge is -2.14. The zero-order valence-electron chi connectivity index (χ0n) is 23.1. The number of rotatable bonds is 12. The molecular weight excluding hydrogens is 556 g/mol. The summed E-state index contributed by atoms with van der Waals surface area (Å²) >= 11 is 0. The van der Waals surface area contributed by atoms with Crippen molar-refractivity contribution in [3.63, 3.8) is 0 Å². The molecule has 1 amide bonds. The standard InChI is InChI=1S/C32H30N2O7S/c1-3-4-8-21-11-13-22(14-12-21)30(35)33-28-17-15-23(19-26(28)31(36)37)41-24-16-18-29(27(20-24)32(38)40-2)34-42(39)25-9-6-5-7-10-25/h5-7,9-20,34H,3-4,8H2,1-2H3,(H,33,35)(H,36,37). The van der Waals surface area contributed by atoms with Gasteiger partial charge in [0.05, 0.1) is 34.5 Å². The van der Waals surface area contributed by atoms with Gasteiger partial charge in [0.25, 0.3) is 5.91 Å². The number of unbranched alkanes of at least 4 members (excludes halogenated alkanes) is 1. The number of hydrogen-bond acceptors (Lipinski definition) is 6. The van der Waals surface area contributed by atoms with Gasteiger partial charge in [-0.3, -0.25) is 4.79 Å². The van der Waals surface area contributed by atoms with E-state index in [4.69, 9.17) is 9.47 Å². The molecule has 0 saturated carbocycles. The number of aromatic carboxylic acids is 1. The Morgan fingerprint density at radius 2 is 1.48 bits per heavy atom. The highest BCUT2D eigenvalue weighted by Crippen LogP contribution is 2.30. The van der Waals surface area contributed by atoms with E-state index in [0.717, 1.165) is 24.8 Å². The van der Waals surface area contributed by atoms with Gasteiger partial charge in [-0.1, -0.05) is 43.7 Å². The SMILES string of the molecule is CCCCc1ccc(C(=O)Nc2ccc(Oc3ccc(NS(=O)c4ccccc4)c(C(=O)OC)c3)cc2C(=O)O)cc1. The lowest BCUT2D eigenvalue weighted by molar-refractivity contribution is 0.0600. The van der Waals surface area contributed by atoms with Gasteiger partial charge in [-0.25, -0.2) is 13.8 Å². The second kappa shape index (κ2) is 14.1. The molecule has 0 fully saturated rings. The predicted molar refractivity (Wildman–Crippen MR) is 161 cm³/mol. The van der Waals surface area contributed by atoms with E-state index in [1.165, 1.54) is 43.5 Å². The van der Waals surface area contributed by atoms with Crippen LogP contribution in [0.2, 0.25) is 0 Å². The topological polar surface area (TPSA) is 131 Å². The van der Waals surface area contributed by atoms with Gasteiger partial charge in [0.1, 0.15) is 22.5 Å². The molecule has 0 bridgehead atoms. The van der Waals surface area contributed by atoms with Crippen molar-refractivity contribution in [1.82, 2.24) is 0 Å². The van der Waals surface area contributed by atoms with Crippen LogP contribution in [-0.4, -0.2) is 34.3 Å². The Morgan fingerprint density at radius 1 is 0.833 bits per heavy atom. The maximum absolute atomic E-state index is 12.8. The summed E-state index contributed by atoms with van der Waals surface area (Å²) in [7, 11) is -0.416. The third kappa shape index (κ3) is 7.61. The number of nitrogens with one attached hydrogen (secondary N) is 2. The van der Waals surface area contributed by atoms with Gasteiger partial charge in [-0.2, -0.15) is 0 Å². The van der Waals surface area contributed by atoms with Crippen LogP contribution in [0.1, 0.15) is 56.4 Å². The molecule has 216 valence electrons. The molecule has 0 radical (unpaired) electrons. The molecule has 42 heavy (non-hydrogen) atoms. The number of carbonyl (C=O) groups is 3. The average Bonchev–Trinajstić information content (AvgIpc) is 3.01. The van der Waals surface area contributed by atoms with E-state index in [1.807, 2.05) is 12.1 Å². The maximum Gasteiger partial charge on any atom is 0.340 e. The van der Waals surface area contributed by atoms with Crippen molar-refractivity contribution in [1.29, 1.82) is 0 Å². The van der Waals surface area contributed by atoms with E-state index in [0.29, 0.717) is 10.5 Å². The lowest BCUT2D eigenvalue weighted by Crippen LogP contribution is -2.15. The molecule has 1 atom stereocenters. The maximum atomic E-state index is 12.8. The van der Waals surface area contributed by atoms with Crippen molar-refractivity contribution in [2.45, 2.75) is 31.1 Å². The fourth-order valence-electron chi connectivity index (χ4n) is 4.06. The summed E-state index contributed by atoms with van der Waals surface area (Å²) in [5, 5.41) is 12.5. The molecular formula is C32H30N2O7S. The van der Waals surface area contributed by atoms with Gasteiger partial charge in [0, 0.05) is 5.56 Å². The molecule has 3 N–H and O–H groups in total. The number of carboxylic acid groups (broad SMARTS) is 1. The van der Waals surface area contributed by atoms with Crippen molar-refractivity contribution in [2.24, 2.45) is 0 Å². The molecule has 0 spiro atoms. The number of methoxy groups -OCH3 is 1. The van der Waals surface area contributed by atoms with Crippen LogP contribution in [0.25, 0.3) is 0 Å². The molecule has 4 aromatic carbocycles. The summed E-state index contributed by atoms with van der Waals surface area (Å²) in [6, 6.07) is 24.6. The van der Waals surface area contributed by atoms with Gasteiger partial charge >= 0.3 is 11.9 Å². The number of benzene rings is 4. The fourth-order valence-corrected chi connectivity index (χ4v) is 4.96. The third-order valence-corrected chi connectivity index (χ3v) is 7.40. The van der Waals surface area contributed by atoms with Gasteiger partial charge < -0.3 is 24.6 Å². The summed E-state index contributed by atoms with van der Waals surface area (Å²) in [6.45, 7) is 2.11. The minimum Gasteiger partial charge on any atom is -0.478 e. The zero-order chi connectivity index (χ0) is 30.1. The van der Waals surface area contributed by atoms with Crippen molar-refractivity contribution in [3.05, 3.63) is 113 Å². The number of aryl methyl sites for hydroxylation is 1. The zero-order valence-corrected chi connectivity index (χ0v) is 23.9. The van der Waals surface area contributed by atoms with E-state index in [2.05, 4.69) is 17.0 Å². The monoisotopic (exact) mass is 586 g/mol. The molecule has 4 rings (SSSR count). The smallest absolute Gasteiger partial charge is 0.340 e. The number of amides is 1. The molecule has 0 heterocycles. The van der Waals surface area contributed by atoms with E-state index < -0.39 is 28.8 Å². The van der Waals surface area contributed by atoms with E-state index in [-0.39, 0.29) is 34.0 Å². The number of carboxylic acids is 1. The highest BCUT2D eigenvalue weighted by Gasteiger charge is 2.18. The summed E-state index contributed by atoms with van der Waals surface area (Å²) < 4.78 is 26.3. The van der Waals surface area contributed by atoms with Crippen molar-refractivity contribution >= 4 is 40.2 Å². The van der Waals surface area contributed by atoms with Crippen LogP contribution < -0.4 is 14.8 Å². The van der Waals surface area contributed by atoms with Gasteiger partial charge in [-0.05, 0) is 79.1 Å². The van der Waals surface area contributed by atoms with Crippen LogP contribution in [0.15, 0.2) is 95.9 Å². The summed E-state index contributed by atoms with van der Waals surface area (Å²) in [6.07, 6.45) is 3.06. The van der Waals surface area contributed by atoms with Crippen LogP contribution in [-0.2, 0) is 22.1 Å². The van der Waals surface area contributed by atoms with Crippen LogP contribution in [0.5, 0.6) is 11.5 Å². The minimum atomic E-state index is -1.64. The van der Waals surface area contributed by atoms with E-state index in [9.17, 15) is 23.7 Å². The first-order valence-corrected chi connectivity index (χ1v) is 14.4. The van der Waals surface area contributed by atoms with Gasteiger partial charge in [-0.15, -0.1) is 0 Å². The first-order chi connectivity index (χ1) is 20.3. The Kier molecular flexibility index (Phi) is 10.1. The molecule has 0 aromatic heterocycles. The van der Waals surface area contributed by atoms with Gasteiger partial charge in [0.2, 0.25) is 0 Å². The Hall–Kier alpha value is -4.96. The normalized spacial score (nSPS) is 11.3. The van der Waals surface area contributed by atoms with Crippen LogP contribution in [0.3, 0.4) is 0 Å². The molecule has 10 heteroatoms. The van der Waals surface area contributed by atoms with Crippen molar-refractivity contribution in [2.75, 3.05) is 17.1 Å². The van der Waals surface area contributed by atoms with Crippen LogP contribution in [0.4, 0.5) is 11.4 Å². The molecule has 0 aliphatic heterocycles. The average molecular weight is 587 g/mol. The summed E-state index contributed by atoms with van der Waals surface area (Å²) in [4.78, 5) is 37.9. The highest BCUT2D eigenvalue weighted by molar-refractivity contribution is 7.86. The first kappa shape index (κ1) is 30.0. The number of anilines is 2. The van der Waals surface area contributed by atoms with Crippen molar-refractivity contribution in [3.8, 4) is 11.5 Å². The molecule has 9 nitrogen and oxygen atoms in total. The Bertz CT molecular complexity index is 1610. The van der Waals surface area contributed by atoms with Crippen LogP contribution in [0, 0.1) is 0 Å². The van der Waals surface area contributed by atoms with E-state index >= 15 is 0 Å². The van der Waals surface area contributed by atoms with Crippen molar-refractivity contribution < 1.29 is 33.2 Å². The number of ether oxygens (including phenoxy) is 2. The molecule has 0 aliphatic carbocycles. The van der Waals surface area contributed by atoms with E-state index in [1.54, 1.807) is 42.5 Å². The number of hydrogen-bond donors (Lipinski definition) is 3. The summed E-state index contributed by atoms with van der Waals surface area (Å²) in [5.41, 5.74) is 1.80. The molecule has 0 aliphatic rings. The second-order valence-corrected chi connectivity index (χ2v) is 10.5. The first-order valence-electron chi connectivity index (χ1n) is 13.2. The Morgan fingerprint density at radius 3 is 2.10 bits per heavy atom. The number of esters is 1. The molecule has 4 aromatic rings. The molecule has 0 saturated heterocycles. The molecule has 1 unspecified atom stereocenters. The van der Waals surface area contributed by atoms with Gasteiger partial charge in [0.15, 0.2) is 0 Å². The fraction of sp³-hybridized carbons (Fsp3) is 0.156. The third-order valence-electron chi connectivity index (χ3n) is 6.30. The minimum absolute atomic E-state index is 0.0716. The predicted octanol–water partition coefficient (Wildman–Crippen LogP) is 6.69. The highest BCUT2D eigenvalue weighted by atomic mass is 32.2. The Labute approximate surface area is 246 Å².